The van der Waals surface area contributed by atoms with Crippen LogP contribution in [0, 0.1) is 0 Å². The number of ketones is 2. The number of Topliss-reactive ketones (excluding diaryl/α,β-unsaturated/α-hetero) is 2. The molecular formula is C15H9ClO2. The summed E-state index contributed by atoms with van der Waals surface area (Å²) in [6.07, 6.45) is 0. The van der Waals surface area contributed by atoms with Gasteiger partial charge in [-0.15, -0.1) is 0 Å². The lowest BCUT2D eigenvalue weighted by atomic mass is 9.94. The maximum Gasteiger partial charge on any atom is 0.180 e. The minimum Gasteiger partial charge on any atom is -0.293 e. The molecule has 2 nitrogen and oxygen atoms in total. The fourth-order valence-electron chi connectivity index (χ4n) is 2.35. The first-order valence-electron chi connectivity index (χ1n) is 5.62. The highest BCUT2D eigenvalue weighted by molar-refractivity contribution is 6.39. The summed E-state index contributed by atoms with van der Waals surface area (Å²) in [5, 5.41) is 0.351. The zero-order chi connectivity index (χ0) is 12.7. The van der Waals surface area contributed by atoms with Crippen molar-refractivity contribution in [2.75, 3.05) is 0 Å². The average molecular weight is 257 g/mol. The molecule has 1 unspecified atom stereocenters. The van der Waals surface area contributed by atoms with E-state index in [9.17, 15) is 9.59 Å². The summed E-state index contributed by atoms with van der Waals surface area (Å²) >= 11 is 6.01. The Morgan fingerprint density at radius 2 is 1.56 bits per heavy atom. The summed E-state index contributed by atoms with van der Waals surface area (Å²) in [6, 6.07) is 14.1. The van der Waals surface area contributed by atoms with Gasteiger partial charge in [0.1, 0.15) is 5.92 Å². The minimum absolute atomic E-state index is 0.163. The van der Waals surface area contributed by atoms with Crippen molar-refractivity contribution in [3.63, 3.8) is 0 Å². The van der Waals surface area contributed by atoms with Crippen LogP contribution in [0.2, 0.25) is 5.02 Å². The maximum absolute atomic E-state index is 12.3. The molecule has 0 saturated carbocycles. The van der Waals surface area contributed by atoms with Gasteiger partial charge in [-0.3, -0.25) is 9.59 Å². The fourth-order valence-corrected chi connectivity index (χ4v) is 2.61. The normalized spacial score (nSPS) is 17.9. The summed E-state index contributed by atoms with van der Waals surface area (Å²) in [7, 11) is 0. The third kappa shape index (κ3) is 1.50. The third-order valence-corrected chi connectivity index (χ3v) is 3.50. The molecule has 18 heavy (non-hydrogen) atoms. The van der Waals surface area contributed by atoms with Gasteiger partial charge < -0.3 is 0 Å². The van der Waals surface area contributed by atoms with E-state index in [-0.39, 0.29) is 11.6 Å². The summed E-state index contributed by atoms with van der Waals surface area (Å²) < 4.78 is 0. The lowest BCUT2D eigenvalue weighted by Gasteiger charge is -2.06. The van der Waals surface area contributed by atoms with Crippen molar-refractivity contribution in [2.45, 2.75) is 5.92 Å². The van der Waals surface area contributed by atoms with Crippen molar-refractivity contribution in [1.29, 1.82) is 0 Å². The summed E-state index contributed by atoms with van der Waals surface area (Å²) in [5.41, 5.74) is 1.51. The van der Waals surface area contributed by atoms with Gasteiger partial charge in [-0.2, -0.15) is 0 Å². The van der Waals surface area contributed by atoms with E-state index in [1.54, 1.807) is 30.3 Å². The molecule has 0 fully saturated rings. The largest absolute Gasteiger partial charge is 0.293 e. The number of carbonyl (C=O) groups excluding carboxylic acids is 2. The van der Waals surface area contributed by atoms with Crippen LogP contribution in [0.4, 0.5) is 0 Å². The molecule has 1 aliphatic carbocycles. The summed E-state index contributed by atoms with van der Waals surface area (Å²) in [4.78, 5) is 24.6. The van der Waals surface area contributed by atoms with Crippen LogP contribution in [0.5, 0.6) is 0 Å². The molecule has 1 atom stereocenters. The Morgan fingerprint density at radius 3 is 2.22 bits per heavy atom. The smallest absolute Gasteiger partial charge is 0.180 e. The Hall–Kier alpha value is -1.93. The first-order chi connectivity index (χ1) is 8.70. The first-order valence-corrected chi connectivity index (χ1v) is 6.00. The second kappa shape index (κ2) is 4.07. The number of carbonyl (C=O) groups is 2. The van der Waals surface area contributed by atoms with Gasteiger partial charge in [0, 0.05) is 11.1 Å². The monoisotopic (exact) mass is 256 g/mol. The lowest BCUT2D eigenvalue weighted by Crippen LogP contribution is -2.12. The van der Waals surface area contributed by atoms with E-state index in [1.807, 2.05) is 18.2 Å². The SMILES string of the molecule is O=C1c2cccc(Cl)c2C(=O)C1c1ccccc1. The number of halogens is 1. The Labute approximate surface area is 109 Å². The minimum atomic E-state index is -0.735. The maximum atomic E-state index is 12.3. The number of fused-ring (bicyclic) bond motifs is 1. The van der Waals surface area contributed by atoms with Gasteiger partial charge in [0.25, 0.3) is 0 Å². The molecule has 0 N–H and O–H groups in total. The standard InChI is InChI=1S/C15H9ClO2/c16-11-8-4-7-10-13(11)15(18)12(14(10)17)9-5-2-1-3-6-9/h1-8,12H. The van der Waals surface area contributed by atoms with Gasteiger partial charge in [0.05, 0.1) is 5.02 Å². The van der Waals surface area contributed by atoms with E-state index in [0.717, 1.165) is 5.56 Å². The van der Waals surface area contributed by atoms with Crippen LogP contribution >= 0.6 is 11.6 Å². The van der Waals surface area contributed by atoms with E-state index < -0.39 is 5.92 Å². The molecule has 0 aliphatic heterocycles. The van der Waals surface area contributed by atoms with Crippen molar-refractivity contribution in [1.82, 2.24) is 0 Å². The van der Waals surface area contributed by atoms with Crippen LogP contribution < -0.4 is 0 Å². The van der Waals surface area contributed by atoms with Crippen molar-refractivity contribution >= 4 is 23.2 Å². The van der Waals surface area contributed by atoms with Crippen molar-refractivity contribution in [2.24, 2.45) is 0 Å². The highest BCUT2D eigenvalue weighted by Gasteiger charge is 2.40. The van der Waals surface area contributed by atoms with Gasteiger partial charge in [-0.05, 0) is 11.6 Å². The second-order valence-corrected chi connectivity index (χ2v) is 4.64. The van der Waals surface area contributed by atoms with Gasteiger partial charge in [-0.1, -0.05) is 54.1 Å². The zero-order valence-electron chi connectivity index (χ0n) is 9.39. The van der Waals surface area contributed by atoms with Gasteiger partial charge in [0.15, 0.2) is 11.6 Å². The van der Waals surface area contributed by atoms with E-state index in [2.05, 4.69) is 0 Å². The zero-order valence-corrected chi connectivity index (χ0v) is 10.1. The second-order valence-electron chi connectivity index (χ2n) is 4.23. The molecule has 0 aromatic heterocycles. The predicted octanol–water partition coefficient (Wildman–Crippen LogP) is 3.50. The molecule has 88 valence electrons. The van der Waals surface area contributed by atoms with E-state index in [0.29, 0.717) is 16.1 Å². The van der Waals surface area contributed by atoms with Crippen LogP contribution in [0.15, 0.2) is 48.5 Å². The Bertz CT molecular complexity index is 647. The van der Waals surface area contributed by atoms with Gasteiger partial charge in [0.2, 0.25) is 0 Å². The third-order valence-electron chi connectivity index (χ3n) is 3.18. The number of rotatable bonds is 1. The van der Waals surface area contributed by atoms with E-state index in [1.165, 1.54) is 0 Å². The molecule has 0 bridgehead atoms. The molecule has 0 amide bonds. The van der Waals surface area contributed by atoms with Crippen molar-refractivity contribution in [3.8, 4) is 0 Å². The molecule has 2 aromatic rings. The molecule has 0 heterocycles. The first kappa shape index (κ1) is 11.2. The molecule has 1 aliphatic rings. The molecular weight excluding hydrogens is 248 g/mol. The highest BCUT2D eigenvalue weighted by Crippen LogP contribution is 2.37. The van der Waals surface area contributed by atoms with Gasteiger partial charge in [-0.25, -0.2) is 0 Å². The molecule has 2 aromatic carbocycles. The molecule has 3 rings (SSSR count). The van der Waals surface area contributed by atoms with Crippen molar-refractivity contribution in [3.05, 3.63) is 70.2 Å². The van der Waals surface area contributed by atoms with Crippen LogP contribution in [-0.4, -0.2) is 11.6 Å². The van der Waals surface area contributed by atoms with Crippen molar-refractivity contribution < 1.29 is 9.59 Å². The average Bonchev–Trinajstić information content (AvgIpc) is 2.64. The van der Waals surface area contributed by atoms with Gasteiger partial charge >= 0.3 is 0 Å². The van der Waals surface area contributed by atoms with Crippen LogP contribution in [0.25, 0.3) is 0 Å². The fraction of sp³-hybridized carbons (Fsp3) is 0.0667. The highest BCUT2D eigenvalue weighted by atomic mass is 35.5. The van der Waals surface area contributed by atoms with Crippen LogP contribution in [0.1, 0.15) is 32.2 Å². The van der Waals surface area contributed by atoms with E-state index >= 15 is 0 Å². The summed E-state index contributed by atoms with van der Waals surface area (Å²) in [5.74, 6) is -1.10. The Balaban J connectivity index is 2.17. The Morgan fingerprint density at radius 1 is 0.833 bits per heavy atom. The molecule has 3 heteroatoms. The van der Waals surface area contributed by atoms with Crippen LogP contribution in [0.3, 0.4) is 0 Å². The molecule has 0 radical (unpaired) electrons. The number of benzene rings is 2. The summed E-state index contributed by atoms with van der Waals surface area (Å²) in [6.45, 7) is 0. The quantitative estimate of drug-likeness (QED) is 0.732. The van der Waals surface area contributed by atoms with E-state index in [4.69, 9.17) is 11.6 Å². The lowest BCUT2D eigenvalue weighted by molar-refractivity contribution is 0.0890. The number of hydrogen-bond acceptors (Lipinski definition) is 2. The molecule has 0 saturated heterocycles. The van der Waals surface area contributed by atoms with Crippen LogP contribution in [-0.2, 0) is 0 Å². The number of hydrogen-bond donors (Lipinski definition) is 0. The molecule has 0 spiro atoms. The predicted molar refractivity (Wildman–Crippen MR) is 69.3 cm³/mol. The topological polar surface area (TPSA) is 34.1 Å². The Kier molecular flexibility index (Phi) is 2.53.